The molecule has 1 unspecified atom stereocenters. The van der Waals surface area contributed by atoms with Gasteiger partial charge in [0.05, 0.1) is 12.5 Å². The van der Waals surface area contributed by atoms with Crippen molar-refractivity contribution < 1.29 is 9.21 Å². The van der Waals surface area contributed by atoms with Crippen LogP contribution in [0.1, 0.15) is 24.8 Å². The highest BCUT2D eigenvalue weighted by Gasteiger charge is 2.15. The van der Waals surface area contributed by atoms with E-state index in [2.05, 4.69) is 10.6 Å². The van der Waals surface area contributed by atoms with Crippen molar-refractivity contribution >= 4 is 5.91 Å². The Kier molecular flexibility index (Phi) is 3.99. The summed E-state index contributed by atoms with van der Waals surface area (Å²) in [7, 11) is 0. The first kappa shape index (κ1) is 11.2. The zero-order chi connectivity index (χ0) is 11.2. The fourth-order valence-corrected chi connectivity index (χ4v) is 1.98. The molecule has 0 aromatic carbocycles. The number of nitrogens with one attached hydrogen (secondary N) is 2. The van der Waals surface area contributed by atoms with E-state index in [0.29, 0.717) is 18.9 Å². The highest BCUT2D eigenvalue weighted by atomic mass is 16.3. The third-order valence-corrected chi connectivity index (χ3v) is 3.01. The molecule has 1 fully saturated rings. The molecular weight excluding hydrogens is 204 g/mol. The molecule has 1 aliphatic heterocycles. The van der Waals surface area contributed by atoms with Gasteiger partial charge in [-0.3, -0.25) is 4.79 Å². The second-order valence-electron chi connectivity index (χ2n) is 4.31. The van der Waals surface area contributed by atoms with Gasteiger partial charge in [0.25, 0.3) is 0 Å². The zero-order valence-electron chi connectivity index (χ0n) is 9.37. The monoisotopic (exact) mass is 222 g/mol. The van der Waals surface area contributed by atoms with Crippen molar-refractivity contribution in [1.29, 1.82) is 0 Å². The Morgan fingerprint density at radius 1 is 1.62 bits per heavy atom. The first-order chi connectivity index (χ1) is 7.84. The van der Waals surface area contributed by atoms with Crippen LogP contribution in [-0.2, 0) is 11.3 Å². The Labute approximate surface area is 95.4 Å². The van der Waals surface area contributed by atoms with Gasteiger partial charge < -0.3 is 15.1 Å². The fraction of sp³-hybridized carbons (Fsp3) is 0.583. The van der Waals surface area contributed by atoms with Crippen LogP contribution in [0.4, 0.5) is 0 Å². The van der Waals surface area contributed by atoms with Gasteiger partial charge in [-0.15, -0.1) is 0 Å². The highest BCUT2D eigenvalue weighted by Crippen LogP contribution is 2.13. The van der Waals surface area contributed by atoms with Crippen LogP contribution in [0, 0.1) is 5.92 Å². The number of rotatable bonds is 5. The summed E-state index contributed by atoms with van der Waals surface area (Å²) in [6.45, 7) is 2.73. The first-order valence-electron chi connectivity index (χ1n) is 5.83. The fourth-order valence-electron chi connectivity index (χ4n) is 1.98. The Morgan fingerprint density at radius 3 is 3.25 bits per heavy atom. The lowest BCUT2D eigenvalue weighted by Gasteiger charge is -2.07. The maximum Gasteiger partial charge on any atom is 0.220 e. The molecule has 1 amide bonds. The Hall–Kier alpha value is -1.29. The summed E-state index contributed by atoms with van der Waals surface area (Å²) >= 11 is 0. The molecule has 1 saturated heterocycles. The maximum atomic E-state index is 11.5. The highest BCUT2D eigenvalue weighted by molar-refractivity contribution is 5.75. The minimum absolute atomic E-state index is 0.133. The Bertz CT molecular complexity index is 316. The van der Waals surface area contributed by atoms with Gasteiger partial charge in [0.1, 0.15) is 0 Å². The molecule has 2 rings (SSSR count). The Morgan fingerprint density at radius 2 is 2.56 bits per heavy atom. The van der Waals surface area contributed by atoms with Gasteiger partial charge in [-0.2, -0.15) is 0 Å². The average Bonchev–Trinajstić information content (AvgIpc) is 2.96. The van der Waals surface area contributed by atoms with Crippen LogP contribution in [0.5, 0.6) is 0 Å². The number of hydrogen-bond acceptors (Lipinski definition) is 3. The predicted molar refractivity (Wildman–Crippen MR) is 60.8 cm³/mol. The van der Waals surface area contributed by atoms with Gasteiger partial charge >= 0.3 is 0 Å². The molecule has 2 heterocycles. The first-order valence-corrected chi connectivity index (χ1v) is 5.83. The molecule has 16 heavy (non-hydrogen) atoms. The van der Waals surface area contributed by atoms with Crippen LogP contribution in [0.25, 0.3) is 0 Å². The van der Waals surface area contributed by atoms with E-state index >= 15 is 0 Å². The van der Waals surface area contributed by atoms with Crippen LogP contribution in [0.15, 0.2) is 23.0 Å². The van der Waals surface area contributed by atoms with Crippen molar-refractivity contribution in [3.8, 4) is 0 Å². The van der Waals surface area contributed by atoms with E-state index < -0.39 is 0 Å². The summed E-state index contributed by atoms with van der Waals surface area (Å²) in [5, 5.41) is 6.20. The average molecular weight is 222 g/mol. The molecule has 0 aliphatic carbocycles. The molecule has 0 radical (unpaired) electrons. The van der Waals surface area contributed by atoms with Gasteiger partial charge in [0, 0.05) is 18.5 Å². The number of carbonyl (C=O) groups is 1. The van der Waals surface area contributed by atoms with Gasteiger partial charge in [0.15, 0.2) is 0 Å². The molecule has 88 valence electrons. The predicted octanol–water partition coefficient (Wildman–Crippen LogP) is 1.29. The maximum absolute atomic E-state index is 11.5. The molecule has 0 bridgehead atoms. The number of carbonyl (C=O) groups excluding carboxylic acids is 1. The largest absolute Gasteiger partial charge is 0.472 e. The van der Waals surface area contributed by atoms with Gasteiger partial charge in [-0.25, -0.2) is 0 Å². The van der Waals surface area contributed by atoms with Crippen LogP contribution in [-0.4, -0.2) is 19.0 Å². The van der Waals surface area contributed by atoms with Crippen molar-refractivity contribution in [2.75, 3.05) is 13.1 Å². The Balaban J connectivity index is 1.60. The van der Waals surface area contributed by atoms with Gasteiger partial charge in [-0.05, 0) is 37.9 Å². The molecule has 4 heteroatoms. The number of hydrogen-bond donors (Lipinski definition) is 2. The summed E-state index contributed by atoms with van der Waals surface area (Å²) < 4.78 is 4.93. The zero-order valence-corrected chi connectivity index (χ0v) is 9.37. The van der Waals surface area contributed by atoms with Gasteiger partial charge in [-0.1, -0.05) is 0 Å². The van der Waals surface area contributed by atoms with E-state index in [1.54, 1.807) is 12.5 Å². The van der Waals surface area contributed by atoms with Gasteiger partial charge in [0.2, 0.25) is 5.91 Å². The summed E-state index contributed by atoms with van der Waals surface area (Å²) in [5.41, 5.74) is 1.01. The summed E-state index contributed by atoms with van der Waals surface area (Å²) in [6.07, 6.45) is 6.09. The van der Waals surface area contributed by atoms with E-state index in [-0.39, 0.29) is 5.91 Å². The summed E-state index contributed by atoms with van der Waals surface area (Å²) in [4.78, 5) is 11.5. The summed E-state index contributed by atoms with van der Waals surface area (Å²) in [6, 6.07) is 1.86. The van der Waals surface area contributed by atoms with Crippen LogP contribution in [0.3, 0.4) is 0 Å². The molecule has 1 aliphatic rings. The van der Waals surface area contributed by atoms with Crippen molar-refractivity contribution in [2.45, 2.75) is 25.8 Å². The van der Waals surface area contributed by atoms with E-state index in [1.165, 1.54) is 6.42 Å². The van der Waals surface area contributed by atoms with Crippen molar-refractivity contribution in [3.05, 3.63) is 24.2 Å². The van der Waals surface area contributed by atoms with Crippen molar-refractivity contribution in [3.63, 3.8) is 0 Å². The molecule has 4 nitrogen and oxygen atoms in total. The number of amides is 1. The van der Waals surface area contributed by atoms with Crippen LogP contribution >= 0.6 is 0 Å². The van der Waals surface area contributed by atoms with Crippen LogP contribution < -0.4 is 10.6 Å². The van der Waals surface area contributed by atoms with Crippen LogP contribution in [0.2, 0.25) is 0 Å². The molecular formula is C12H18N2O2. The third kappa shape index (κ3) is 3.38. The molecule has 2 N–H and O–H groups in total. The van der Waals surface area contributed by atoms with E-state index in [0.717, 1.165) is 25.1 Å². The molecule has 0 spiro atoms. The lowest BCUT2D eigenvalue weighted by Crippen LogP contribution is -2.23. The van der Waals surface area contributed by atoms with Crippen molar-refractivity contribution in [2.24, 2.45) is 5.92 Å². The minimum Gasteiger partial charge on any atom is -0.472 e. The lowest BCUT2D eigenvalue weighted by molar-refractivity contribution is -0.121. The molecule has 1 aromatic rings. The smallest absolute Gasteiger partial charge is 0.220 e. The lowest BCUT2D eigenvalue weighted by atomic mass is 10.0. The SMILES string of the molecule is O=C(CCC1CCNC1)NCc1ccoc1. The van der Waals surface area contributed by atoms with E-state index in [4.69, 9.17) is 4.42 Å². The van der Waals surface area contributed by atoms with Crippen molar-refractivity contribution in [1.82, 2.24) is 10.6 Å². The van der Waals surface area contributed by atoms with E-state index in [1.807, 2.05) is 6.07 Å². The normalized spacial score (nSPS) is 19.9. The minimum atomic E-state index is 0.133. The molecule has 0 saturated carbocycles. The molecule has 1 atom stereocenters. The number of furan rings is 1. The summed E-state index contributed by atoms with van der Waals surface area (Å²) in [5.74, 6) is 0.813. The quantitative estimate of drug-likeness (QED) is 0.789. The van der Waals surface area contributed by atoms with E-state index in [9.17, 15) is 4.79 Å². The second kappa shape index (κ2) is 5.70. The topological polar surface area (TPSA) is 54.3 Å². The molecule has 1 aromatic heterocycles. The standard InChI is InChI=1S/C12H18N2O2/c15-12(2-1-10-3-5-13-7-10)14-8-11-4-6-16-9-11/h4,6,9-10,13H,1-3,5,7-8H2,(H,14,15). The third-order valence-electron chi connectivity index (χ3n) is 3.01. The second-order valence-corrected chi connectivity index (χ2v) is 4.31.